The van der Waals surface area contributed by atoms with E-state index in [1.165, 1.54) is 0 Å². The van der Waals surface area contributed by atoms with Crippen molar-refractivity contribution in [1.82, 2.24) is 19.9 Å². The first kappa shape index (κ1) is 16.4. The van der Waals surface area contributed by atoms with E-state index in [9.17, 15) is 4.79 Å². The summed E-state index contributed by atoms with van der Waals surface area (Å²) in [5.74, 6) is 1.91. The Morgan fingerprint density at radius 2 is 2.04 bits per heavy atom. The lowest BCUT2D eigenvalue weighted by Crippen LogP contribution is -2.56. The largest absolute Gasteiger partial charge is 0.368 e. The number of carbonyl (C=O) groups is 1. The molecule has 1 atom stereocenters. The third-order valence-corrected chi connectivity index (χ3v) is 5.04. The number of methoxy groups -OCH3 is 1. The van der Waals surface area contributed by atoms with E-state index in [1.807, 2.05) is 18.7 Å². The number of rotatable bonds is 6. The third-order valence-electron chi connectivity index (χ3n) is 5.04. The lowest BCUT2D eigenvalue weighted by molar-refractivity contribution is -0.157. The first-order valence-corrected chi connectivity index (χ1v) is 8.45. The highest BCUT2D eigenvalue weighted by atomic mass is 16.5. The van der Waals surface area contributed by atoms with Crippen LogP contribution in [0.4, 0.5) is 0 Å². The summed E-state index contributed by atoms with van der Waals surface area (Å²) in [6.45, 7) is 7.71. The van der Waals surface area contributed by atoms with Gasteiger partial charge in [-0.15, -0.1) is 0 Å². The van der Waals surface area contributed by atoms with Gasteiger partial charge in [-0.1, -0.05) is 12.1 Å². The Morgan fingerprint density at radius 1 is 1.35 bits per heavy atom. The monoisotopic (exact) mass is 322 g/mol. The minimum atomic E-state index is -0.647. The number of aryl methyl sites for hydroxylation is 1. The van der Waals surface area contributed by atoms with Crippen LogP contribution in [0.5, 0.6) is 0 Å². The predicted octanol–water partition coefficient (Wildman–Crippen LogP) is 1.09. The van der Waals surface area contributed by atoms with E-state index >= 15 is 0 Å². The van der Waals surface area contributed by atoms with Crippen molar-refractivity contribution in [2.24, 2.45) is 5.92 Å². The highest BCUT2D eigenvalue weighted by molar-refractivity contribution is 5.85. The summed E-state index contributed by atoms with van der Waals surface area (Å²) < 4.78 is 10.7. The van der Waals surface area contributed by atoms with Gasteiger partial charge >= 0.3 is 0 Å². The molecule has 1 aromatic rings. The van der Waals surface area contributed by atoms with Crippen molar-refractivity contribution < 1.29 is 14.1 Å². The summed E-state index contributed by atoms with van der Waals surface area (Å²) >= 11 is 0. The Kier molecular flexibility index (Phi) is 4.68. The fourth-order valence-corrected chi connectivity index (χ4v) is 3.18. The Labute approximate surface area is 137 Å². The second kappa shape index (κ2) is 6.57. The second-order valence-electron chi connectivity index (χ2n) is 6.61. The number of amides is 1. The van der Waals surface area contributed by atoms with Crippen molar-refractivity contribution in [2.75, 3.05) is 33.3 Å². The van der Waals surface area contributed by atoms with Crippen LogP contribution in [0.1, 0.15) is 38.4 Å². The van der Waals surface area contributed by atoms with Crippen molar-refractivity contribution in [2.45, 2.75) is 45.3 Å². The molecule has 7 nitrogen and oxygen atoms in total. The van der Waals surface area contributed by atoms with Gasteiger partial charge in [0.15, 0.2) is 5.82 Å². The van der Waals surface area contributed by atoms with Crippen molar-refractivity contribution in [3.63, 3.8) is 0 Å². The number of hydrogen-bond donors (Lipinski definition) is 0. The minimum Gasteiger partial charge on any atom is -0.368 e. The van der Waals surface area contributed by atoms with Gasteiger partial charge in [-0.2, -0.15) is 4.98 Å². The summed E-state index contributed by atoms with van der Waals surface area (Å²) in [7, 11) is 1.65. The quantitative estimate of drug-likeness (QED) is 0.781. The van der Waals surface area contributed by atoms with Gasteiger partial charge in [-0.25, -0.2) is 0 Å². The van der Waals surface area contributed by atoms with Crippen LogP contribution in [0.25, 0.3) is 0 Å². The molecule has 1 aromatic heterocycles. The number of hydrogen-bond acceptors (Lipinski definition) is 6. The number of ether oxygens (including phenoxy) is 1. The zero-order valence-corrected chi connectivity index (χ0v) is 14.2. The molecule has 1 unspecified atom stereocenters. The molecule has 128 valence electrons. The van der Waals surface area contributed by atoms with E-state index in [1.54, 1.807) is 7.11 Å². The van der Waals surface area contributed by atoms with E-state index in [2.05, 4.69) is 15.0 Å². The van der Waals surface area contributed by atoms with Crippen molar-refractivity contribution in [3.8, 4) is 0 Å². The number of aromatic nitrogens is 2. The summed E-state index contributed by atoms with van der Waals surface area (Å²) in [6.07, 6.45) is 2.94. The van der Waals surface area contributed by atoms with Gasteiger partial charge < -0.3 is 14.2 Å². The first-order chi connectivity index (χ1) is 11.1. The molecule has 1 aliphatic heterocycles. The molecule has 0 radical (unpaired) electrons. The maximum atomic E-state index is 12.8. The van der Waals surface area contributed by atoms with Crippen LogP contribution in [0.15, 0.2) is 4.52 Å². The molecule has 3 rings (SSSR count). The van der Waals surface area contributed by atoms with E-state index in [-0.39, 0.29) is 5.91 Å². The van der Waals surface area contributed by atoms with Crippen LogP contribution in [0.3, 0.4) is 0 Å². The molecule has 1 saturated carbocycles. The Balaban J connectivity index is 1.52. The van der Waals surface area contributed by atoms with Crippen LogP contribution in [-0.4, -0.2) is 64.7 Å². The number of piperazine rings is 1. The molecule has 1 saturated heterocycles. The fourth-order valence-electron chi connectivity index (χ4n) is 3.18. The standard InChI is InChI=1S/C16H26N4O3/c1-4-14-17-13(18-23-14)11-19-7-9-20(10-8-19)15(21)16(2,22-3)12-5-6-12/h12H,4-11H2,1-3H3. The summed E-state index contributed by atoms with van der Waals surface area (Å²) in [6, 6.07) is 0. The molecule has 0 spiro atoms. The highest BCUT2D eigenvalue weighted by Gasteiger charge is 2.49. The maximum absolute atomic E-state index is 12.8. The maximum Gasteiger partial charge on any atom is 0.254 e. The normalized spacial score (nSPS) is 22.1. The molecule has 0 N–H and O–H groups in total. The number of nitrogens with zero attached hydrogens (tertiary/aromatic N) is 4. The summed E-state index contributed by atoms with van der Waals surface area (Å²) in [5.41, 5.74) is -0.647. The molecule has 23 heavy (non-hydrogen) atoms. The highest BCUT2D eigenvalue weighted by Crippen LogP contribution is 2.42. The van der Waals surface area contributed by atoms with E-state index in [0.29, 0.717) is 18.4 Å². The average molecular weight is 322 g/mol. The van der Waals surface area contributed by atoms with Crippen molar-refractivity contribution in [1.29, 1.82) is 0 Å². The molecular weight excluding hydrogens is 296 g/mol. The predicted molar refractivity (Wildman–Crippen MR) is 83.7 cm³/mol. The van der Waals surface area contributed by atoms with Crippen LogP contribution in [0.2, 0.25) is 0 Å². The van der Waals surface area contributed by atoms with Crippen LogP contribution < -0.4 is 0 Å². The Hall–Kier alpha value is -1.47. The summed E-state index contributed by atoms with van der Waals surface area (Å²) in [4.78, 5) is 21.3. The van der Waals surface area contributed by atoms with Gasteiger partial charge in [-0.3, -0.25) is 9.69 Å². The van der Waals surface area contributed by atoms with Crippen LogP contribution in [-0.2, 0) is 22.5 Å². The van der Waals surface area contributed by atoms with E-state index < -0.39 is 5.60 Å². The lowest BCUT2D eigenvalue weighted by Gasteiger charge is -2.39. The number of carbonyl (C=O) groups excluding carboxylic acids is 1. The van der Waals surface area contributed by atoms with E-state index in [4.69, 9.17) is 9.26 Å². The van der Waals surface area contributed by atoms with Gasteiger partial charge in [0, 0.05) is 39.7 Å². The lowest BCUT2D eigenvalue weighted by atomic mass is 9.97. The first-order valence-electron chi connectivity index (χ1n) is 8.45. The van der Waals surface area contributed by atoms with Crippen LogP contribution in [0, 0.1) is 5.92 Å². The molecular formula is C16H26N4O3. The van der Waals surface area contributed by atoms with Crippen LogP contribution >= 0.6 is 0 Å². The topological polar surface area (TPSA) is 71.7 Å². The smallest absolute Gasteiger partial charge is 0.254 e. The van der Waals surface area contributed by atoms with Gasteiger partial charge in [0.25, 0.3) is 5.91 Å². The van der Waals surface area contributed by atoms with Crippen molar-refractivity contribution in [3.05, 3.63) is 11.7 Å². The average Bonchev–Trinajstić information content (AvgIpc) is 3.35. The SMILES string of the molecule is CCc1nc(CN2CCN(C(=O)C(C)(OC)C3CC3)CC2)no1. The zero-order chi connectivity index (χ0) is 16.4. The van der Waals surface area contributed by atoms with Gasteiger partial charge in [0.2, 0.25) is 5.89 Å². The Morgan fingerprint density at radius 3 is 2.57 bits per heavy atom. The Bertz CT molecular complexity index is 549. The third kappa shape index (κ3) is 3.40. The molecule has 2 heterocycles. The van der Waals surface area contributed by atoms with Crippen molar-refractivity contribution >= 4 is 5.91 Å². The zero-order valence-electron chi connectivity index (χ0n) is 14.2. The molecule has 1 amide bonds. The van der Waals surface area contributed by atoms with E-state index in [0.717, 1.165) is 51.3 Å². The van der Waals surface area contributed by atoms with Gasteiger partial charge in [0.05, 0.1) is 6.54 Å². The minimum absolute atomic E-state index is 0.134. The molecule has 0 bridgehead atoms. The molecule has 1 aliphatic carbocycles. The summed E-state index contributed by atoms with van der Waals surface area (Å²) in [5, 5.41) is 3.99. The molecule has 2 aliphatic rings. The molecule has 2 fully saturated rings. The molecule has 0 aromatic carbocycles. The second-order valence-corrected chi connectivity index (χ2v) is 6.61. The van der Waals surface area contributed by atoms with Gasteiger partial charge in [-0.05, 0) is 25.7 Å². The van der Waals surface area contributed by atoms with Gasteiger partial charge in [0.1, 0.15) is 5.60 Å². The molecule has 7 heteroatoms. The fraction of sp³-hybridized carbons (Fsp3) is 0.812.